The van der Waals surface area contributed by atoms with E-state index in [9.17, 15) is 9.59 Å². The second kappa shape index (κ2) is 6.48. The summed E-state index contributed by atoms with van der Waals surface area (Å²) in [5, 5.41) is 7.49. The number of methoxy groups -OCH3 is 1. The molecule has 2 aromatic rings. The average molecular weight is 311 g/mol. The first-order valence-corrected chi connectivity index (χ1v) is 7.36. The zero-order valence-electron chi connectivity index (χ0n) is 12.8. The molecule has 23 heavy (non-hydrogen) atoms. The highest BCUT2D eigenvalue weighted by Gasteiger charge is 2.19. The second-order valence-electron chi connectivity index (χ2n) is 5.27. The molecule has 0 aromatic heterocycles. The molecule has 0 aliphatic carbocycles. The Labute approximate surface area is 133 Å². The molecule has 1 aliphatic rings. The smallest absolute Gasteiger partial charge is 0.341 e. The maximum Gasteiger partial charge on any atom is 0.341 e. The standard InChI is InChI=1S/C17H17N3O3/c1-23-14-5-4-12-3-2-11(8-13(12)9-14)6-7-18-16(21)15-10-19-17(22)20-15/h2-5,8-9H,6-7,10H2,1H3,(H,18,21)(H,19,22). The molecule has 0 fully saturated rings. The quantitative estimate of drug-likeness (QED) is 0.881. The van der Waals surface area contributed by atoms with Gasteiger partial charge in [-0.1, -0.05) is 24.3 Å². The number of hydrogen-bond acceptors (Lipinski definition) is 3. The van der Waals surface area contributed by atoms with E-state index in [2.05, 4.69) is 27.8 Å². The van der Waals surface area contributed by atoms with Gasteiger partial charge in [0.05, 0.1) is 13.7 Å². The Kier molecular flexibility index (Phi) is 4.23. The lowest BCUT2D eigenvalue weighted by molar-refractivity contribution is -0.114. The molecule has 3 rings (SSSR count). The van der Waals surface area contributed by atoms with Crippen molar-refractivity contribution in [2.45, 2.75) is 6.42 Å². The Morgan fingerprint density at radius 2 is 2.09 bits per heavy atom. The van der Waals surface area contributed by atoms with Crippen molar-refractivity contribution in [2.75, 3.05) is 20.2 Å². The summed E-state index contributed by atoms with van der Waals surface area (Å²) in [6.45, 7) is 0.682. The van der Waals surface area contributed by atoms with E-state index in [4.69, 9.17) is 4.74 Å². The third kappa shape index (κ3) is 3.48. The van der Waals surface area contributed by atoms with E-state index in [1.807, 2.05) is 24.3 Å². The van der Waals surface area contributed by atoms with Gasteiger partial charge in [0.15, 0.2) is 0 Å². The number of nitrogens with zero attached hydrogens (tertiary/aromatic N) is 1. The minimum Gasteiger partial charge on any atom is -0.497 e. The lowest BCUT2D eigenvalue weighted by atomic mass is 10.0. The van der Waals surface area contributed by atoms with Crippen molar-refractivity contribution in [3.05, 3.63) is 42.0 Å². The van der Waals surface area contributed by atoms with Crippen LogP contribution in [-0.4, -0.2) is 37.8 Å². The molecule has 3 amide bonds. The van der Waals surface area contributed by atoms with Crippen LogP contribution in [0.3, 0.4) is 0 Å². The number of amides is 3. The molecule has 1 aliphatic heterocycles. The molecular weight excluding hydrogens is 294 g/mol. The molecule has 0 atom stereocenters. The summed E-state index contributed by atoms with van der Waals surface area (Å²) in [6.07, 6.45) is 0.702. The molecule has 2 aromatic carbocycles. The summed E-state index contributed by atoms with van der Waals surface area (Å²) in [5.74, 6) is 0.519. The van der Waals surface area contributed by atoms with Gasteiger partial charge in [-0.15, -0.1) is 0 Å². The summed E-state index contributed by atoms with van der Waals surface area (Å²) >= 11 is 0. The van der Waals surface area contributed by atoms with Crippen molar-refractivity contribution in [3.63, 3.8) is 0 Å². The fraction of sp³-hybridized carbons (Fsp3) is 0.235. The molecule has 0 spiro atoms. The summed E-state index contributed by atoms with van der Waals surface area (Å²) in [7, 11) is 1.64. The molecular formula is C17H17N3O3. The number of fused-ring (bicyclic) bond motifs is 1. The van der Waals surface area contributed by atoms with Gasteiger partial charge in [-0.25, -0.2) is 4.79 Å². The molecule has 0 saturated carbocycles. The number of nitrogens with one attached hydrogen (secondary N) is 2. The third-order valence-electron chi connectivity index (χ3n) is 3.72. The molecule has 0 radical (unpaired) electrons. The molecule has 2 N–H and O–H groups in total. The number of urea groups is 1. The van der Waals surface area contributed by atoms with Crippen molar-refractivity contribution < 1.29 is 14.3 Å². The van der Waals surface area contributed by atoms with E-state index in [1.54, 1.807) is 7.11 Å². The maximum atomic E-state index is 11.8. The van der Waals surface area contributed by atoms with Crippen LogP contribution in [0.5, 0.6) is 5.75 Å². The van der Waals surface area contributed by atoms with Crippen LogP contribution in [0.25, 0.3) is 10.8 Å². The minimum absolute atomic E-state index is 0.195. The monoisotopic (exact) mass is 311 g/mol. The van der Waals surface area contributed by atoms with Crippen LogP contribution in [0.4, 0.5) is 4.79 Å². The van der Waals surface area contributed by atoms with Crippen LogP contribution in [0.1, 0.15) is 5.56 Å². The van der Waals surface area contributed by atoms with E-state index < -0.39 is 6.03 Å². The van der Waals surface area contributed by atoms with Crippen LogP contribution < -0.4 is 15.4 Å². The summed E-state index contributed by atoms with van der Waals surface area (Å²) in [4.78, 5) is 26.4. The van der Waals surface area contributed by atoms with Gasteiger partial charge in [0.1, 0.15) is 11.5 Å². The Bertz CT molecular complexity index is 799. The van der Waals surface area contributed by atoms with Gasteiger partial charge in [0.25, 0.3) is 5.91 Å². The van der Waals surface area contributed by atoms with E-state index in [-0.39, 0.29) is 18.2 Å². The predicted octanol–water partition coefficient (Wildman–Crippen LogP) is 1.67. The van der Waals surface area contributed by atoms with Crippen molar-refractivity contribution >= 4 is 28.4 Å². The molecule has 6 heteroatoms. The second-order valence-corrected chi connectivity index (χ2v) is 5.27. The molecule has 6 nitrogen and oxygen atoms in total. The van der Waals surface area contributed by atoms with Gasteiger partial charge < -0.3 is 15.4 Å². The van der Waals surface area contributed by atoms with Gasteiger partial charge in [0.2, 0.25) is 0 Å². The van der Waals surface area contributed by atoms with Crippen LogP contribution in [-0.2, 0) is 11.2 Å². The average Bonchev–Trinajstić information content (AvgIpc) is 3.00. The fourth-order valence-electron chi connectivity index (χ4n) is 2.47. The Hall–Kier alpha value is -2.89. The lowest BCUT2D eigenvalue weighted by Gasteiger charge is -2.07. The highest BCUT2D eigenvalue weighted by atomic mass is 16.5. The highest BCUT2D eigenvalue weighted by molar-refractivity contribution is 6.42. The zero-order valence-corrected chi connectivity index (χ0v) is 12.8. The maximum absolute atomic E-state index is 11.8. The van der Waals surface area contributed by atoms with E-state index in [0.29, 0.717) is 13.0 Å². The number of carbonyl (C=O) groups excluding carboxylic acids is 2. The minimum atomic E-state index is -0.460. The van der Waals surface area contributed by atoms with Crippen LogP contribution in [0, 0.1) is 0 Å². The van der Waals surface area contributed by atoms with Crippen LogP contribution in [0.15, 0.2) is 41.4 Å². The molecule has 0 bridgehead atoms. The van der Waals surface area contributed by atoms with Crippen molar-refractivity contribution in [1.29, 1.82) is 0 Å². The Morgan fingerprint density at radius 3 is 2.83 bits per heavy atom. The van der Waals surface area contributed by atoms with Crippen LogP contribution >= 0.6 is 0 Å². The number of benzene rings is 2. The van der Waals surface area contributed by atoms with E-state index >= 15 is 0 Å². The van der Waals surface area contributed by atoms with Gasteiger partial charge in [0, 0.05) is 6.54 Å². The Balaban J connectivity index is 1.62. The molecule has 118 valence electrons. The predicted molar refractivity (Wildman–Crippen MR) is 88.0 cm³/mol. The van der Waals surface area contributed by atoms with E-state index in [1.165, 1.54) is 0 Å². The van der Waals surface area contributed by atoms with Gasteiger partial charge in [-0.05, 0) is 34.9 Å². The number of aliphatic imine (C=N–C) groups is 1. The first-order chi connectivity index (χ1) is 11.2. The number of carbonyl (C=O) groups is 2. The van der Waals surface area contributed by atoms with Gasteiger partial charge >= 0.3 is 6.03 Å². The topological polar surface area (TPSA) is 79.8 Å². The highest BCUT2D eigenvalue weighted by Crippen LogP contribution is 2.22. The Morgan fingerprint density at radius 1 is 1.26 bits per heavy atom. The normalized spacial score (nSPS) is 13.6. The van der Waals surface area contributed by atoms with Crippen LogP contribution in [0.2, 0.25) is 0 Å². The molecule has 1 heterocycles. The summed E-state index contributed by atoms with van der Waals surface area (Å²) in [6, 6.07) is 11.7. The lowest BCUT2D eigenvalue weighted by Crippen LogP contribution is -2.34. The SMILES string of the molecule is COc1ccc2ccc(CCNC(=O)C3=NC(=O)NC3)cc2c1. The molecule has 0 unspecified atom stereocenters. The van der Waals surface area contributed by atoms with Gasteiger partial charge in [-0.3, -0.25) is 4.79 Å². The van der Waals surface area contributed by atoms with Crippen molar-refractivity contribution in [3.8, 4) is 5.75 Å². The summed E-state index contributed by atoms with van der Waals surface area (Å²) < 4.78 is 5.24. The zero-order chi connectivity index (χ0) is 16.2. The first kappa shape index (κ1) is 15.0. The largest absolute Gasteiger partial charge is 0.497 e. The van der Waals surface area contributed by atoms with Crippen molar-refractivity contribution in [2.24, 2.45) is 4.99 Å². The number of rotatable bonds is 5. The molecule has 0 saturated heterocycles. The first-order valence-electron chi connectivity index (χ1n) is 7.36. The van der Waals surface area contributed by atoms with Gasteiger partial charge in [-0.2, -0.15) is 4.99 Å². The van der Waals surface area contributed by atoms with E-state index in [0.717, 1.165) is 22.1 Å². The number of hydrogen-bond donors (Lipinski definition) is 2. The fourth-order valence-corrected chi connectivity index (χ4v) is 2.47. The third-order valence-corrected chi connectivity index (χ3v) is 3.72. The number of ether oxygens (including phenoxy) is 1. The summed E-state index contributed by atoms with van der Waals surface area (Å²) in [5.41, 5.74) is 1.35. The van der Waals surface area contributed by atoms with Crippen molar-refractivity contribution in [1.82, 2.24) is 10.6 Å².